The lowest BCUT2D eigenvalue weighted by molar-refractivity contribution is -0.148. The Balaban J connectivity index is 0.000000221. The number of phosphoric acid groups is 1. The van der Waals surface area contributed by atoms with Crippen LogP contribution in [0.4, 0.5) is 17.6 Å². The van der Waals surface area contributed by atoms with Crippen molar-refractivity contribution in [2.24, 2.45) is 0 Å². The average Bonchev–Trinajstić information content (AvgIpc) is 1.46. The van der Waals surface area contributed by atoms with Crippen LogP contribution in [-0.4, -0.2) is 88.1 Å². The number of esters is 2. The smallest absolute Gasteiger partial charge is 0.435 e. The number of nitriles is 2. The Hall–Kier alpha value is -9.28. The first-order chi connectivity index (χ1) is 44.9. The molecule has 0 amide bonds. The van der Waals surface area contributed by atoms with Gasteiger partial charge in [0.1, 0.15) is 59.8 Å². The third kappa shape index (κ3) is 17.7. The summed E-state index contributed by atoms with van der Waals surface area (Å²) in [7, 11) is -7.35. The molecule has 0 aliphatic carbocycles. The Bertz CT molecular complexity index is 4130. The number of rotatable bonds is 26. The largest absolute Gasteiger partial charge is 0.469 e. The van der Waals surface area contributed by atoms with E-state index in [0.717, 1.165) is 41.0 Å². The van der Waals surface area contributed by atoms with Crippen molar-refractivity contribution >= 4 is 49.8 Å². The van der Waals surface area contributed by atoms with Gasteiger partial charge in [-0.25, -0.2) is 61.0 Å². The van der Waals surface area contributed by atoms with Crippen LogP contribution >= 0.6 is 37.9 Å². The van der Waals surface area contributed by atoms with Gasteiger partial charge in [-0.3, -0.25) is 9.09 Å². The van der Waals surface area contributed by atoms with E-state index >= 15 is 8.78 Å². The minimum Gasteiger partial charge on any atom is -0.435 e. The van der Waals surface area contributed by atoms with Gasteiger partial charge in [-0.15, -0.1) is 22.7 Å². The van der Waals surface area contributed by atoms with Crippen LogP contribution in [0.15, 0.2) is 170 Å². The first kappa shape index (κ1) is 69.1. The topological polar surface area (TPSA) is 299 Å². The van der Waals surface area contributed by atoms with Crippen molar-refractivity contribution in [3.05, 3.63) is 247 Å². The van der Waals surface area contributed by atoms with Crippen LogP contribution in [0.1, 0.15) is 89.8 Å². The number of nitrogens with zero attached hydrogens (tertiary/aromatic N) is 10. The summed E-state index contributed by atoms with van der Waals surface area (Å²) < 4.78 is 119. The maximum atomic E-state index is 15.7. The van der Waals surface area contributed by atoms with Crippen LogP contribution in [0.2, 0.25) is 0 Å². The third-order valence-corrected chi connectivity index (χ3v) is 17.9. The van der Waals surface area contributed by atoms with Gasteiger partial charge in [-0.05, 0) is 71.8 Å². The maximum absolute atomic E-state index is 15.7. The van der Waals surface area contributed by atoms with E-state index < -0.39 is 87.0 Å². The number of carbonyl (C=O) groups excluding carboxylic acids is 2. The summed E-state index contributed by atoms with van der Waals surface area (Å²) in [6, 6.07) is 36.3. The zero-order chi connectivity index (χ0) is 67.2. The number of aromatic nitrogens is 8. The first-order valence-corrected chi connectivity index (χ1v) is 33.9. The summed E-state index contributed by atoms with van der Waals surface area (Å²) in [6.07, 6.45) is 5.44. The van der Waals surface area contributed by atoms with E-state index in [-0.39, 0.29) is 48.6 Å². The van der Waals surface area contributed by atoms with Crippen molar-refractivity contribution in [2.45, 2.75) is 63.2 Å². The molecule has 2 N–H and O–H groups in total. The number of benzene rings is 6. The number of thiazole rings is 2. The van der Waals surface area contributed by atoms with Gasteiger partial charge in [0.15, 0.2) is 21.0 Å². The van der Waals surface area contributed by atoms with Gasteiger partial charge in [0.25, 0.3) is 0 Å². The van der Waals surface area contributed by atoms with Crippen LogP contribution in [0.5, 0.6) is 0 Å². The standard InChI is InChI=1S/C33H30F2N5O5PS.C31H26F2N5O7PS/c1-22(31-39-30(17-47-31)25-8-4-23(15-36)5-9-25)33(18-40-20-37-19-38-40,28-13-12-27(34)14-29(28)35)44-21-43-32(41)26-10-6-24(7-11-26)16-45-46(2,3)42;1-20(29-37-28(15-47-29)23-6-2-21(13-34)3-7-23)31(16-38-18-35-17-36-38,26-11-10-25(32)12-27(26)33)44-19-43-30(39)24-8-4-22(5-9-24)14-45-46(40,41)42/h4-14,17,19-20,22H,16,18,21H2,1-3H3;2-12,15,17-18,20H,14,16,19H2,1H3,(H2,40,41,42)/t22-,33?;20-,31?/m00/s1. The van der Waals surface area contributed by atoms with E-state index in [1.54, 1.807) is 86.6 Å². The molecule has 484 valence electrons. The van der Waals surface area contributed by atoms with Gasteiger partial charge in [0, 0.05) is 70.3 Å². The summed E-state index contributed by atoms with van der Waals surface area (Å²) in [6.45, 7) is 4.84. The maximum Gasteiger partial charge on any atom is 0.469 e. The Labute approximate surface area is 543 Å². The van der Waals surface area contributed by atoms with Gasteiger partial charge in [0.2, 0.25) is 0 Å². The predicted octanol–water partition coefficient (Wildman–Crippen LogP) is 12.8. The molecule has 4 heterocycles. The Morgan fingerprint density at radius 3 is 1.32 bits per heavy atom. The fourth-order valence-corrected chi connectivity index (χ4v) is 12.4. The number of ether oxygens (including phenoxy) is 4. The highest BCUT2D eigenvalue weighted by Crippen LogP contribution is 2.47. The molecule has 0 saturated heterocycles. The van der Waals surface area contributed by atoms with Crippen molar-refractivity contribution in [1.29, 1.82) is 10.5 Å². The molecule has 4 aromatic heterocycles. The molecule has 30 heteroatoms. The zero-order valence-corrected chi connectivity index (χ0v) is 53.7. The van der Waals surface area contributed by atoms with Crippen molar-refractivity contribution in [3.63, 3.8) is 0 Å². The molecule has 2 unspecified atom stereocenters. The van der Waals surface area contributed by atoms with Crippen LogP contribution in [0.3, 0.4) is 0 Å². The van der Waals surface area contributed by atoms with Crippen molar-refractivity contribution in [1.82, 2.24) is 39.5 Å². The fraction of sp³-hybridized carbons (Fsp3) is 0.219. The molecule has 0 aliphatic heterocycles. The summed E-state index contributed by atoms with van der Waals surface area (Å²) in [5, 5.41) is 31.4. The van der Waals surface area contributed by atoms with Crippen molar-refractivity contribution in [3.8, 4) is 34.7 Å². The van der Waals surface area contributed by atoms with E-state index in [9.17, 15) is 27.5 Å². The van der Waals surface area contributed by atoms with Crippen molar-refractivity contribution < 1.29 is 74.1 Å². The second kappa shape index (κ2) is 30.6. The Morgan fingerprint density at radius 2 is 0.979 bits per heavy atom. The SMILES string of the molecule is C[C@@H](c1nc(-c2ccc(C#N)cc2)cs1)C(Cn1cncn1)(OCOC(=O)c1ccc(COP(=O)(O)O)cc1)c1ccc(F)cc1F.C[C@@H](c1nc(-c2ccc(C#N)cc2)cs1)C(Cn1cncn1)(OCOC(=O)c1ccc(COP(C)(C)=O)cc1)c1ccc(F)cc1F. The highest BCUT2D eigenvalue weighted by Gasteiger charge is 2.47. The van der Waals surface area contributed by atoms with Gasteiger partial charge in [-0.2, -0.15) is 20.7 Å². The molecule has 0 bridgehead atoms. The van der Waals surface area contributed by atoms with Crippen molar-refractivity contribution in [2.75, 3.05) is 26.9 Å². The third-order valence-electron chi connectivity index (χ3n) is 14.6. The quantitative estimate of drug-likeness (QED) is 0.0220. The van der Waals surface area contributed by atoms with Crippen LogP contribution < -0.4 is 0 Å². The van der Waals surface area contributed by atoms with Gasteiger partial charge < -0.3 is 33.3 Å². The van der Waals surface area contributed by atoms with Crippen LogP contribution in [-0.2, 0) is 74.6 Å². The highest BCUT2D eigenvalue weighted by atomic mass is 32.1. The number of halogens is 4. The first-order valence-electron chi connectivity index (χ1n) is 28.1. The lowest BCUT2D eigenvalue weighted by atomic mass is 9.81. The molecule has 0 aliphatic rings. The van der Waals surface area contributed by atoms with E-state index in [2.05, 4.69) is 36.8 Å². The van der Waals surface area contributed by atoms with E-state index in [0.29, 0.717) is 38.1 Å². The molecular formula is C64H56F4N10O12P2S2. The fourth-order valence-electron chi connectivity index (χ4n) is 9.66. The molecule has 6 aromatic carbocycles. The molecule has 0 saturated carbocycles. The second-order valence-electron chi connectivity index (χ2n) is 21.2. The molecule has 10 aromatic rings. The predicted molar refractivity (Wildman–Crippen MR) is 334 cm³/mol. The minimum absolute atomic E-state index is 0.00145. The number of hydrogen-bond acceptors (Lipinski definition) is 20. The van der Waals surface area contributed by atoms with Gasteiger partial charge in [-0.1, -0.05) is 74.5 Å². The second-order valence-corrected chi connectivity index (χ2v) is 27.0. The van der Waals surface area contributed by atoms with Gasteiger partial charge in [0.05, 0.1) is 82.1 Å². The van der Waals surface area contributed by atoms with E-state index in [1.165, 1.54) is 107 Å². The molecule has 0 spiro atoms. The average molecular weight is 1360 g/mol. The molecule has 0 radical (unpaired) electrons. The molecule has 4 atom stereocenters. The number of hydrogen-bond donors (Lipinski definition) is 2. The lowest BCUT2D eigenvalue weighted by Gasteiger charge is -2.38. The van der Waals surface area contributed by atoms with Gasteiger partial charge >= 0.3 is 19.8 Å². The normalized spacial score (nSPS) is 13.4. The lowest BCUT2D eigenvalue weighted by Crippen LogP contribution is -2.42. The van der Waals surface area contributed by atoms with E-state index in [4.69, 9.17) is 53.7 Å². The molecule has 94 heavy (non-hydrogen) atoms. The zero-order valence-electron chi connectivity index (χ0n) is 50.2. The molecule has 22 nitrogen and oxygen atoms in total. The van der Waals surface area contributed by atoms with Crippen LogP contribution in [0.25, 0.3) is 22.5 Å². The van der Waals surface area contributed by atoms with E-state index in [1.807, 2.05) is 10.8 Å². The highest BCUT2D eigenvalue weighted by molar-refractivity contribution is 7.57. The number of carbonyl (C=O) groups is 2. The summed E-state index contributed by atoms with van der Waals surface area (Å²) >= 11 is 2.60. The summed E-state index contributed by atoms with van der Waals surface area (Å²) in [5.41, 5.74) is 1.91. The molecule has 10 rings (SSSR count). The molecule has 0 fully saturated rings. The summed E-state index contributed by atoms with van der Waals surface area (Å²) in [5.74, 6) is -6.25. The Morgan fingerprint density at radius 1 is 0.585 bits per heavy atom. The number of phosphoric ester groups is 1. The van der Waals surface area contributed by atoms with Crippen LogP contribution in [0, 0.1) is 45.9 Å². The summed E-state index contributed by atoms with van der Waals surface area (Å²) in [4.78, 5) is 61.3. The Kier molecular flexibility index (Phi) is 22.5. The monoisotopic (exact) mass is 1360 g/mol. The minimum atomic E-state index is -4.67. The molecular weight excluding hydrogens is 1300 g/mol.